The van der Waals surface area contributed by atoms with Crippen LogP contribution in [0.1, 0.15) is 21.5 Å². The molecule has 0 unspecified atom stereocenters. The molecule has 1 aromatic heterocycles. The molecule has 2 aromatic carbocycles. The minimum absolute atomic E-state index is 0.0844. The number of aryl methyl sites for hydroxylation is 1. The third-order valence-electron chi connectivity index (χ3n) is 3.92. The highest BCUT2D eigenvalue weighted by Crippen LogP contribution is 2.21. The first kappa shape index (κ1) is 18.8. The molecule has 0 radical (unpaired) electrons. The molecule has 1 heterocycles. The average Bonchev–Trinajstić information content (AvgIpc) is 2.68. The van der Waals surface area contributed by atoms with Crippen LogP contribution in [0.4, 0.5) is 5.69 Å². The number of carbonyl (C=O) groups is 2. The highest BCUT2D eigenvalue weighted by atomic mass is 79.9. The summed E-state index contributed by atoms with van der Waals surface area (Å²) in [5.41, 5.74) is 2.72. The van der Waals surface area contributed by atoms with Crippen molar-refractivity contribution in [1.82, 2.24) is 4.98 Å². The number of benzene rings is 2. The zero-order valence-corrected chi connectivity index (χ0v) is 16.2. The number of rotatable bonds is 6. The summed E-state index contributed by atoms with van der Waals surface area (Å²) in [5.74, 6) is 0.148. The van der Waals surface area contributed by atoms with Gasteiger partial charge in [0.2, 0.25) is 0 Å². The van der Waals surface area contributed by atoms with Gasteiger partial charge in [-0.15, -0.1) is 0 Å². The van der Waals surface area contributed by atoms with Gasteiger partial charge in [-0.25, -0.2) is 0 Å². The molecule has 0 fully saturated rings. The molecule has 3 aromatic rings. The molecule has 3 rings (SSSR count). The summed E-state index contributed by atoms with van der Waals surface area (Å²) in [7, 11) is 0. The first-order valence-electron chi connectivity index (χ1n) is 8.27. The second kappa shape index (κ2) is 8.60. The van der Waals surface area contributed by atoms with Crippen molar-refractivity contribution in [2.24, 2.45) is 0 Å². The first-order valence-corrected chi connectivity index (χ1v) is 9.06. The van der Waals surface area contributed by atoms with Crippen LogP contribution in [-0.4, -0.2) is 23.3 Å². The molecule has 0 saturated heterocycles. The zero-order valence-electron chi connectivity index (χ0n) is 14.6. The number of anilines is 1. The molecule has 0 aliphatic carbocycles. The summed E-state index contributed by atoms with van der Waals surface area (Å²) in [6, 6.07) is 15.8. The minimum atomic E-state index is -0.278. The SMILES string of the molecule is Cc1ccncc1NC(=O)COc1ccc(C(=O)c2ccccc2Br)cc1. The quantitative estimate of drug-likeness (QED) is 0.595. The summed E-state index contributed by atoms with van der Waals surface area (Å²) in [6.07, 6.45) is 3.26. The van der Waals surface area contributed by atoms with E-state index in [1.807, 2.05) is 31.2 Å². The van der Waals surface area contributed by atoms with Gasteiger partial charge in [-0.1, -0.05) is 28.1 Å². The van der Waals surface area contributed by atoms with E-state index in [4.69, 9.17) is 4.74 Å². The van der Waals surface area contributed by atoms with Gasteiger partial charge in [0.15, 0.2) is 12.4 Å². The molecule has 5 nitrogen and oxygen atoms in total. The van der Waals surface area contributed by atoms with Crippen molar-refractivity contribution >= 4 is 33.3 Å². The van der Waals surface area contributed by atoms with Crippen LogP contribution in [-0.2, 0) is 4.79 Å². The van der Waals surface area contributed by atoms with Gasteiger partial charge in [0, 0.05) is 21.8 Å². The van der Waals surface area contributed by atoms with E-state index in [-0.39, 0.29) is 18.3 Å². The monoisotopic (exact) mass is 424 g/mol. The smallest absolute Gasteiger partial charge is 0.262 e. The van der Waals surface area contributed by atoms with Gasteiger partial charge in [-0.05, 0) is 55.0 Å². The summed E-state index contributed by atoms with van der Waals surface area (Å²) in [5, 5.41) is 2.75. The molecule has 0 aliphatic heterocycles. The highest BCUT2D eigenvalue weighted by Gasteiger charge is 2.12. The maximum Gasteiger partial charge on any atom is 0.262 e. The van der Waals surface area contributed by atoms with Crippen LogP contribution in [0.25, 0.3) is 0 Å². The predicted molar refractivity (Wildman–Crippen MR) is 107 cm³/mol. The number of ether oxygens (including phenoxy) is 1. The van der Waals surface area contributed by atoms with Gasteiger partial charge in [0.25, 0.3) is 5.91 Å². The highest BCUT2D eigenvalue weighted by molar-refractivity contribution is 9.10. The maximum atomic E-state index is 12.5. The standard InChI is InChI=1S/C21H17BrN2O3/c1-14-10-11-23-12-19(14)24-20(25)13-27-16-8-6-15(7-9-16)21(26)17-4-2-3-5-18(17)22/h2-12H,13H2,1H3,(H,24,25). The van der Waals surface area contributed by atoms with Crippen molar-refractivity contribution in [1.29, 1.82) is 0 Å². The lowest BCUT2D eigenvalue weighted by molar-refractivity contribution is -0.118. The number of amides is 1. The number of carbonyl (C=O) groups excluding carboxylic acids is 2. The Labute approximate surface area is 165 Å². The number of nitrogens with zero attached hydrogens (tertiary/aromatic N) is 1. The third kappa shape index (κ3) is 4.80. The van der Waals surface area contributed by atoms with Crippen molar-refractivity contribution in [2.45, 2.75) is 6.92 Å². The molecule has 1 N–H and O–H groups in total. The van der Waals surface area contributed by atoms with Crippen LogP contribution in [0, 0.1) is 6.92 Å². The molecule has 0 bridgehead atoms. The molecule has 0 atom stereocenters. The lowest BCUT2D eigenvalue weighted by atomic mass is 10.0. The molecule has 1 amide bonds. The Kier molecular flexibility index (Phi) is 5.98. The Balaban J connectivity index is 1.59. The van der Waals surface area contributed by atoms with Crippen LogP contribution < -0.4 is 10.1 Å². The lowest BCUT2D eigenvalue weighted by Crippen LogP contribution is -2.20. The van der Waals surface area contributed by atoms with Crippen LogP contribution in [0.2, 0.25) is 0 Å². The van der Waals surface area contributed by atoms with Gasteiger partial charge >= 0.3 is 0 Å². The van der Waals surface area contributed by atoms with Crippen LogP contribution in [0.3, 0.4) is 0 Å². The summed E-state index contributed by atoms with van der Waals surface area (Å²) in [4.78, 5) is 28.5. The second-order valence-corrected chi connectivity index (χ2v) is 6.72. The summed E-state index contributed by atoms with van der Waals surface area (Å²) in [6.45, 7) is 1.75. The van der Waals surface area contributed by atoms with Crippen LogP contribution >= 0.6 is 15.9 Å². The second-order valence-electron chi connectivity index (χ2n) is 5.86. The third-order valence-corrected chi connectivity index (χ3v) is 4.61. The fourth-order valence-corrected chi connectivity index (χ4v) is 2.90. The number of nitrogens with one attached hydrogen (secondary N) is 1. The Bertz CT molecular complexity index is 971. The Hall–Kier alpha value is -2.99. The lowest BCUT2D eigenvalue weighted by Gasteiger charge is -2.09. The molecule has 0 spiro atoms. The van der Waals surface area contributed by atoms with E-state index in [1.165, 1.54) is 0 Å². The van der Waals surface area contributed by atoms with Crippen LogP contribution in [0.15, 0.2) is 71.5 Å². The van der Waals surface area contributed by atoms with Gasteiger partial charge in [-0.2, -0.15) is 0 Å². The maximum absolute atomic E-state index is 12.5. The average molecular weight is 425 g/mol. The zero-order chi connectivity index (χ0) is 19.2. The van der Waals surface area contributed by atoms with E-state index >= 15 is 0 Å². The predicted octanol–water partition coefficient (Wildman–Crippen LogP) is 4.40. The Morgan fingerprint density at radius 1 is 1.07 bits per heavy atom. The van der Waals surface area contributed by atoms with Crippen molar-refractivity contribution in [3.8, 4) is 5.75 Å². The number of ketones is 1. The molecule has 0 aliphatic rings. The number of halogens is 1. The molecular weight excluding hydrogens is 408 g/mol. The number of hydrogen-bond acceptors (Lipinski definition) is 4. The van der Waals surface area contributed by atoms with Gasteiger partial charge in [0.05, 0.1) is 11.9 Å². The molecule has 136 valence electrons. The fraction of sp³-hybridized carbons (Fsp3) is 0.0952. The van der Waals surface area contributed by atoms with Crippen molar-refractivity contribution in [3.05, 3.63) is 88.2 Å². The summed E-state index contributed by atoms with van der Waals surface area (Å²) >= 11 is 3.39. The first-order chi connectivity index (χ1) is 13.0. The molecular formula is C21H17BrN2O3. The van der Waals surface area contributed by atoms with E-state index in [0.29, 0.717) is 22.6 Å². The fourth-order valence-electron chi connectivity index (χ4n) is 2.43. The number of pyridine rings is 1. The van der Waals surface area contributed by atoms with E-state index in [9.17, 15) is 9.59 Å². The normalized spacial score (nSPS) is 10.3. The minimum Gasteiger partial charge on any atom is -0.484 e. The molecule has 6 heteroatoms. The van der Waals surface area contributed by atoms with E-state index in [0.717, 1.165) is 10.0 Å². The number of hydrogen-bond donors (Lipinski definition) is 1. The molecule has 0 saturated carbocycles. The van der Waals surface area contributed by atoms with Gasteiger partial charge in [-0.3, -0.25) is 14.6 Å². The number of aromatic nitrogens is 1. The topological polar surface area (TPSA) is 68.3 Å². The van der Waals surface area contributed by atoms with Crippen molar-refractivity contribution < 1.29 is 14.3 Å². The molecule has 27 heavy (non-hydrogen) atoms. The van der Waals surface area contributed by atoms with Crippen molar-refractivity contribution in [2.75, 3.05) is 11.9 Å². The van der Waals surface area contributed by atoms with E-state index in [2.05, 4.69) is 26.2 Å². The Morgan fingerprint density at radius 2 is 1.81 bits per heavy atom. The van der Waals surface area contributed by atoms with E-state index < -0.39 is 0 Å². The Morgan fingerprint density at radius 3 is 2.52 bits per heavy atom. The van der Waals surface area contributed by atoms with Crippen molar-refractivity contribution in [3.63, 3.8) is 0 Å². The summed E-state index contributed by atoms with van der Waals surface area (Å²) < 4.78 is 6.24. The van der Waals surface area contributed by atoms with E-state index in [1.54, 1.807) is 42.7 Å². The van der Waals surface area contributed by atoms with Gasteiger partial charge < -0.3 is 10.1 Å². The van der Waals surface area contributed by atoms with Crippen LogP contribution in [0.5, 0.6) is 5.75 Å². The van der Waals surface area contributed by atoms with Gasteiger partial charge in [0.1, 0.15) is 5.75 Å². The largest absolute Gasteiger partial charge is 0.484 e.